The minimum atomic E-state index is -1.34. The topological polar surface area (TPSA) is 96.8 Å². The van der Waals surface area contributed by atoms with Crippen LogP contribution in [-0.4, -0.2) is 65.3 Å². The lowest BCUT2D eigenvalue weighted by Crippen LogP contribution is -2.51. The van der Waals surface area contributed by atoms with Crippen molar-refractivity contribution in [2.75, 3.05) is 32.7 Å². The second-order valence-electron chi connectivity index (χ2n) is 8.42. The summed E-state index contributed by atoms with van der Waals surface area (Å²) in [6.07, 6.45) is 0. The average molecular weight is 449 g/mol. The molecule has 0 aromatic heterocycles. The SMILES string of the molecule is CC1(c2ccc(F)cc2)NC(=O)N(CC(=O)N2CCN(Cc3ccc(C#N)cc3)CC2)C1=O. The molecule has 1 atom stereocenters. The first kappa shape index (κ1) is 22.4. The Morgan fingerprint density at radius 3 is 2.30 bits per heavy atom. The van der Waals surface area contributed by atoms with Crippen LogP contribution >= 0.6 is 0 Å². The van der Waals surface area contributed by atoms with Gasteiger partial charge in [0.1, 0.15) is 17.9 Å². The molecule has 9 heteroatoms. The van der Waals surface area contributed by atoms with Crippen molar-refractivity contribution in [2.45, 2.75) is 19.0 Å². The van der Waals surface area contributed by atoms with Crippen molar-refractivity contribution in [2.24, 2.45) is 0 Å². The summed E-state index contributed by atoms with van der Waals surface area (Å²) in [5, 5.41) is 11.5. The van der Waals surface area contributed by atoms with Crippen LogP contribution in [0, 0.1) is 17.1 Å². The van der Waals surface area contributed by atoms with Crippen LogP contribution in [0.3, 0.4) is 0 Å². The predicted octanol–water partition coefficient (Wildman–Crippen LogP) is 1.81. The number of rotatable bonds is 5. The molecule has 2 aliphatic heterocycles. The van der Waals surface area contributed by atoms with Crippen LogP contribution in [0.15, 0.2) is 48.5 Å². The molecule has 0 spiro atoms. The summed E-state index contributed by atoms with van der Waals surface area (Å²) < 4.78 is 13.3. The molecule has 0 radical (unpaired) electrons. The Morgan fingerprint density at radius 1 is 1.06 bits per heavy atom. The van der Waals surface area contributed by atoms with Gasteiger partial charge in [-0.3, -0.25) is 19.4 Å². The number of piperazine rings is 1. The van der Waals surface area contributed by atoms with Gasteiger partial charge >= 0.3 is 6.03 Å². The summed E-state index contributed by atoms with van der Waals surface area (Å²) in [7, 11) is 0. The average Bonchev–Trinajstić information content (AvgIpc) is 3.04. The summed E-state index contributed by atoms with van der Waals surface area (Å²) >= 11 is 0. The maximum absolute atomic E-state index is 13.3. The van der Waals surface area contributed by atoms with E-state index in [4.69, 9.17) is 5.26 Å². The van der Waals surface area contributed by atoms with Crippen molar-refractivity contribution >= 4 is 17.8 Å². The summed E-state index contributed by atoms with van der Waals surface area (Å²) in [5.74, 6) is -1.27. The van der Waals surface area contributed by atoms with E-state index >= 15 is 0 Å². The molecule has 2 fully saturated rings. The fourth-order valence-corrected chi connectivity index (χ4v) is 4.15. The highest BCUT2D eigenvalue weighted by Gasteiger charge is 2.49. The van der Waals surface area contributed by atoms with E-state index in [1.807, 2.05) is 12.1 Å². The molecule has 0 aliphatic carbocycles. The van der Waals surface area contributed by atoms with E-state index in [0.717, 1.165) is 17.0 Å². The highest BCUT2D eigenvalue weighted by Crippen LogP contribution is 2.29. The molecule has 2 aromatic carbocycles. The molecule has 0 saturated carbocycles. The van der Waals surface area contributed by atoms with Crippen molar-refractivity contribution in [1.82, 2.24) is 20.0 Å². The van der Waals surface area contributed by atoms with Gasteiger partial charge in [0.05, 0.1) is 11.6 Å². The Labute approximate surface area is 191 Å². The Morgan fingerprint density at radius 2 is 1.70 bits per heavy atom. The molecule has 1 unspecified atom stereocenters. The molecular weight excluding hydrogens is 425 g/mol. The van der Waals surface area contributed by atoms with Gasteiger partial charge < -0.3 is 10.2 Å². The molecular formula is C24H24FN5O3. The van der Waals surface area contributed by atoms with E-state index in [-0.39, 0.29) is 12.5 Å². The summed E-state index contributed by atoms with van der Waals surface area (Å²) in [5.41, 5.74) is 0.817. The summed E-state index contributed by atoms with van der Waals surface area (Å²) in [4.78, 5) is 43.1. The molecule has 2 saturated heterocycles. The highest BCUT2D eigenvalue weighted by atomic mass is 19.1. The number of halogens is 1. The summed E-state index contributed by atoms with van der Waals surface area (Å²) in [6.45, 7) is 4.25. The minimum Gasteiger partial charge on any atom is -0.339 e. The van der Waals surface area contributed by atoms with E-state index < -0.39 is 23.3 Å². The number of hydrogen-bond acceptors (Lipinski definition) is 5. The van der Waals surface area contributed by atoms with Crippen LogP contribution in [0.5, 0.6) is 0 Å². The van der Waals surface area contributed by atoms with Crippen molar-refractivity contribution in [1.29, 1.82) is 5.26 Å². The van der Waals surface area contributed by atoms with Crippen LogP contribution in [0.1, 0.15) is 23.6 Å². The second kappa shape index (κ2) is 9.00. The molecule has 33 heavy (non-hydrogen) atoms. The molecule has 8 nitrogen and oxygen atoms in total. The van der Waals surface area contributed by atoms with Crippen LogP contribution in [-0.2, 0) is 21.7 Å². The highest BCUT2D eigenvalue weighted by molar-refractivity contribution is 6.09. The monoisotopic (exact) mass is 449 g/mol. The quantitative estimate of drug-likeness (QED) is 0.703. The smallest absolute Gasteiger partial charge is 0.325 e. The maximum atomic E-state index is 13.3. The first-order valence-electron chi connectivity index (χ1n) is 10.7. The van der Waals surface area contributed by atoms with Gasteiger partial charge in [0.15, 0.2) is 0 Å². The maximum Gasteiger partial charge on any atom is 0.325 e. The molecule has 2 heterocycles. The Balaban J connectivity index is 1.33. The first-order valence-corrected chi connectivity index (χ1v) is 10.7. The number of amides is 4. The Bertz CT molecular complexity index is 1100. The molecule has 170 valence electrons. The fourth-order valence-electron chi connectivity index (χ4n) is 4.15. The number of imide groups is 1. The normalized spacial score (nSPS) is 21.1. The Hall–Kier alpha value is -3.77. The molecule has 0 bridgehead atoms. The zero-order chi connectivity index (χ0) is 23.6. The van der Waals surface area contributed by atoms with Crippen LogP contribution in [0.2, 0.25) is 0 Å². The third-order valence-corrected chi connectivity index (χ3v) is 6.20. The lowest BCUT2D eigenvalue weighted by molar-refractivity contribution is -0.139. The van der Waals surface area contributed by atoms with Crippen molar-refractivity contribution in [3.8, 4) is 6.07 Å². The van der Waals surface area contributed by atoms with Gasteiger partial charge in [0.25, 0.3) is 5.91 Å². The van der Waals surface area contributed by atoms with Gasteiger partial charge in [-0.25, -0.2) is 9.18 Å². The van der Waals surface area contributed by atoms with E-state index in [9.17, 15) is 18.8 Å². The first-order chi connectivity index (χ1) is 15.8. The van der Waals surface area contributed by atoms with Gasteiger partial charge in [-0.2, -0.15) is 5.26 Å². The van der Waals surface area contributed by atoms with Gasteiger partial charge in [0.2, 0.25) is 5.91 Å². The van der Waals surface area contributed by atoms with Crippen molar-refractivity contribution < 1.29 is 18.8 Å². The third-order valence-electron chi connectivity index (χ3n) is 6.20. The minimum absolute atomic E-state index is 0.292. The third kappa shape index (κ3) is 4.56. The number of nitrogens with zero attached hydrogens (tertiary/aromatic N) is 4. The number of urea groups is 1. The zero-order valence-electron chi connectivity index (χ0n) is 18.3. The van der Waals surface area contributed by atoms with Crippen molar-refractivity contribution in [3.63, 3.8) is 0 Å². The van der Waals surface area contributed by atoms with Gasteiger partial charge in [-0.05, 0) is 42.3 Å². The lowest BCUT2D eigenvalue weighted by Gasteiger charge is -2.35. The van der Waals surface area contributed by atoms with Gasteiger partial charge in [0, 0.05) is 32.7 Å². The number of benzene rings is 2. The number of hydrogen-bond donors (Lipinski definition) is 1. The van der Waals surface area contributed by atoms with E-state index in [0.29, 0.717) is 37.3 Å². The zero-order valence-corrected chi connectivity index (χ0v) is 18.3. The standard InChI is InChI=1S/C24H24FN5O3/c1-24(19-6-8-20(25)9-7-19)22(32)30(23(33)27-24)16-21(31)29-12-10-28(11-13-29)15-18-4-2-17(14-26)3-5-18/h2-9H,10-13,15-16H2,1H3,(H,27,33). The van der Waals surface area contributed by atoms with Crippen molar-refractivity contribution in [3.05, 3.63) is 71.0 Å². The van der Waals surface area contributed by atoms with E-state index in [1.54, 1.807) is 24.0 Å². The van der Waals surface area contributed by atoms with Crippen LogP contribution < -0.4 is 5.32 Å². The molecule has 4 amide bonds. The molecule has 2 aliphatic rings. The number of carbonyl (C=O) groups is 3. The number of nitriles is 1. The largest absolute Gasteiger partial charge is 0.339 e. The van der Waals surface area contributed by atoms with Crippen LogP contribution in [0.4, 0.5) is 9.18 Å². The molecule has 1 N–H and O–H groups in total. The van der Waals surface area contributed by atoms with Gasteiger partial charge in [-0.15, -0.1) is 0 Å². The lowest BCUT2D eigenvalue weighted by atomic mass is 9.92. The molecule has 2 aromatic rings. The van der Waals surface area contributed by atoms with Gasteiger partial charge in [-0.1, -0.05) is 24.3 Å². The predicted molar refractivity (Wildman–Crippen MR) is 117 cm³/mol. The summed E-state index contributed by atoms with van der Waals surface area (Å²) in [6, 6.07) is 14.2. The van der Waals surface area contributed by atoms with E-state index in [1.165, 1.54) is 24.3 Å². The van der Waals surface area contributed by atoms with Crippen LogP contribution in [0.25, 0.3) is 0 Å². The molecule has 4 rings (SSSR count). The van der Waals surface area contributed by atoms with E-state index in [2.05, 4.69) is 16.3 Å². The number of carbonyl (C=O) groups excluding carboxylic acids is 3. The second-order valence-corrected chi connectivity index (χ2v) is 8.42. The Kier molecular flexibility index (Phi) is 6.11. The fraction of sp³-hybridized carbons (Fsp3) is 0.333. The number of nitrogens with one attached hydrogen (secondary N) is 1.